The van der Waals surface area contributed by atoms with Crippen LogP contribution in [0.4, 0.5) is 4.39 Å². The number of halogens is 1. The van der Waals surface area contributed by atoms with E-state index >= 15 is 0 Å². The summed E-state index contributed by atoms with van der Waals surface area (Å²) in [6, 6.07) is 4.53. The summed E-state index contributed by atoms with van der Waals surface area (Å²) in [5.41, 5.74) is -1.21. The summed E-state index contributed by atoms with van der Waals surface area (Å²) in [6.07, 6.45) is 0. The van der Waals surface area contributed by atoms with Gasteiger partial charge in [0, 0.05) is 0 Å². The third-order valence-corrected chi connectivity index (χ3v) is 3.14. The fourth-order valence-electron chi connectivity index (χ4n) is 1.12. The number of rotatable bonds is 5. The van der Waals surface area contributed by atoms with Crippen molar-refractivity contribution in [3.05, 3.63) is 24.0 Å². The minimum atomic E-state index is -1.01. The van der Waals surface area contributed by atoms with Crippen LogP contribution in [0, 0.1) is 5.82 Å². The van der Waals surface area contributed by atoms with E-state index in [4.69, 9.17) is 9.39 Å². The molecule has 0 saturated heterocycles. The Morgan fingerprint density at radius 2 is 1.83 bits per heavy atom. The Morgan fingerprint density at radius 3 is 2.28 bits per heavy atom. The molecule has 18 heavy (non-hydrogen) atoms. The Bertz CT molecular complexity index is 413. The van der Waals surface area contributed by atoms with Crippen LogP contribution in [0.2, 0.25) is 0 Å². The second-order valence-electron chi connectivity index (χ2n) is 5.20. The number of ether oxygens (including phenoxy) is 1. The van der Waals surface area contributed by atoms with Crippen LogP contribution in [-0.2, 0) is 4.65 Å². The normalized spacial score (nSPS) is 12.4. The summed E-state index contributed by atoms with van der Waals surface area (Å²) in [4.78, 5) is 0. The van der Waals surface area contributed by atoms with Gasteiger partial charge in [0.1, 0.15) is 0 Å². The van der Waals surface area contributed by atoms with Crippen molar-refractivity contribution in [2.24, 2.45) is 0 Å². The molecule has 3 nitrogen and oxygen atoms in total. The third kappa shape index (κ3) is 3.46. The van der Waals surface area contributed by atoms with Gasteiger partial charge in [0.05, 0.1) is 18.3 Å². The Morgan fingerprint density at radius 1 is 1.22 bits per heavy atom. The first-order valence-electron chi connectivity index (χ1n) is 5.74. The second-order valence-corrected chi connectivity index (χ2v) is 5.20. The fraction of sp³-hybridized carbons (Fsp3) is 0.538. The second kappa shape index (κ2) is 5.28. The van der Waals surface area contributed by atoms with Crippen LogP contribution in [0.1, 0.15) is 27.7 Å². The Labute approximate surface area is 108 Å². The maximum Gasteiger partial charge on any atom is 0.331 e. The van der Waals surface area contributed by atoms with E-state index in [1.807, 2.05) is 0 Å². The van der Waals surface area contributed by atoms with Gasteiger partial charge in [-0.2, -0.15) is 0 Å². The van der Waals surface area contributed by atoms with Gasteiger partial charge in [-0.1, -0.05) is 11.5 Å². The van der Waals surface area contributed by atoms with Gasteiger partial charge in [0.2, 0.25) is 0 Å². The molecule has 1 radical (unpaired) electrons. The minimum Gasteiger partial charge on any atom is -0.494 e. The maximum atomic E-state index is 13.5. The van der Waals surface area contributed by atoms with E-state index in [1.165, 1.54) is 26.7 Å². The molecule has 0 atom stereocenters. The van der Waals surface area contributed by atoms with Crippen LogP contribution in [0.3, 0.4) is 0 Å². The molecule has 0 aliphatic rings. The average Bonchev–Trinajstić information content (AvgIpc) is 2.25. The summed E-state index contributed by atoms with van der Waals surface area (Å²) in [6.45, 7) is 6.86. The first-order valence-corrected chi connectivity index (χ1v) is 5.74. The lowest BCUT2D eigenvalue weighted by Crippen LogP contribution is -2.49. The number of hydrogen-bond donors (Lipinski definition) is 1. The molecule has 1 aromatic carbocycles. The summed E-state index contributed by atoms with van der Waals surface area (Å²) >= 11 is 0. The first kappa shape index (κ1) is 15.0. The van der Waals surface area contributed by atoms with Gasteiger partial charge in [-0.15, -0.1) is 0 Å². The van der Waals surface area contributed by atoms with Gasteiger partial charge in [-0.05, 0) is 39.8 Å². The van der Waals surface area contributed by atoms with E-state index in [1.54, 1.807) is 33.8 Å². The lowest BCUT2D eigenvalue weighted by Gasteiger charge is -2.37. The van der Waals surface area contributed by atoms with Gasteiger partial charge in [-0.3, -0.25) is 0 Å². The quantitative estimate of drug-likeness (QED) is 0.811. The molecular weight excluding hydrogens is 234 g/mol. The molecule has 0 aromatic heterocycles. The minimum absolute atomic E-state index is 0.189. The van der Waals surface area contributed by atoms with E-state index in [2.05, 4.69) is 0 Å². The Kier molecular flexibility index (Phi) is 4.40. The van der Waals surface area contributed by atoms with Crippen LogP contribution >= 0.6 is 0 Å². The third-order valence-electron chi connectivity index (χ3n) is 3.14. The van der Waals surface area contributed by atoms with E-state index in [9.17, 15) is 9.50 Å². The SMILES string of the molecule is COc1ccc([B]OC(C)(C)C(C)(C)O)cc1F. The predicted molar refractivity (Wildman–Crippen MR) is 69.8 cm³/mol. The van der Waals surface area contributed by atoms with Crippen molar-refractivity contribution in [2.45, 2.75) is 38.9 Å². The van der Waals surface area contributed by atoms with E-state index < -0.39 is 17.0 Å². The summed E-state index contributed by atoms with van der Waals surface area (Å²) in [7, 11) is 2.84. The Hall–Kier alpha value is -1.07. The van der Waals surface area contributed by atoms with Crippen molar-refractivity contribution in [3.63, 3.8) is 0 Å². The summed E-state index contributed by atoms with van der Waals surface area (Å²) < 4.78 is 23.8. The summed E-state index contributed by atoms with van der Waals surface area (Å²) in [5.74, 6) is -0.259. The highest BCUT2D eigenvalue weighted by Crippen LogP contribution is 2.24. The molecule has 0 aliphatic carbocycles. The zero-order chi connectivity index (χ0) is 14.0. The highest BCUT2D eigenvalue weighted by atomic mass is 19.1. The maximum absolute atomic E-state index is 13.5. The molecule has 1 rings (SSSR count). The average molecular weight is 253 g/mol. The van der Waals surface area contributed by atoms with Crippen LogP contribution < -0.4 is 10.2 Å². The zero-order valence-corrected chi connectivity index (χ0v) is 11.5. The van der Waals surface area contributed by atoms with Crippen molar-refractivity contribution in [1.29, 1.82) is 0 Å². The molecule has 0 spiro atoms. The van der Waals surface area contributed by atoms with Crippen LogP contribution in [0.5, 0.6) is 5.75 Å². The molecular formula is C13H19BFO3. The molecule has 5 heteroatoms. The van der Waals surface area contributed by atoms with Crippen molar-refractivity contribution < 1.29 is 18.9 Å². The Balaban J connectivity index is 2.73. The molecule has 0 fully saturated rings. The van der Waals surface area contributed by atoms with Crippen molar-refractivity contribution in [1.82, 2.24) is 0 Å². The number of benzene rings is 1. The van der Waals surface area contributed by atoms with Crippen molar-refractivity contribution in [2.75, 3.05) is 7.11 Å². The largest absolute Gasteiger partial charge is 0.494 e. The molecule has 0 aliphatic heterocycles. The van der Waals surface area contributed by atoms with Crippen molar-refractivity contribution >= 4 is 12.9 Å². The van der Waals surface area contributed by atoms with Gasteiger partial charge in [0.15, 0.2) is 11.6 Å². The fourth-order valence-corrected chi connectivity index (χ4v) is 1.12. The van der Waals surface area contributed by atoms with Gasteiger partial charge in [0.25, 0.3) is 0 Å². The molecule has 1 aromatic rings. The lowest BCUT2D eigenvalue weighted by molar-refractivity contribution is -0.0893. The smallest absolute Gasteiger partial charge is 0.331 e. The highest BCUT2D eigenvalue weighted by Gasteiger charge is 2.35. The number of hydrogen-bond acceptors (Lipinski definition) is 3. The van der Waals surface area contributed by atoms with Crippen LogP contribution in [0.15, 0.2) is 18.2 Å². The molecule has 0 saturated carbocycles. The van der Waals surface area contributed by atoms with E-state index in [0.717, 1.165) is 0 Å². The molecule has 99 valence electrons. The van der Waals surface area contributed by atoms with Crippen LogP contribution in [-0.4, -0.2) is 30.9 Å². The molecule has 1 N–H and O–H groups in total. The van der Waals surface area contributed by atoms with Gasteiger partial charge >= 0.3 is 7.48 Å². The number of methoxy groups -OCH3 is 1. The first-order chi connectivity index (χ1) is 8.17. The van der Waals surface area contributed by atoms with Gasteiger partial charge in [-0.25, -0.2) is 4.39 Å². The molecule has 0 bridgehead atoms. The highest BCUT2D eigenvalue weighted by molar-refractivity contribution is 6.47. The van der Waals surface area contributed by atoms with Gasteiger partial charge < -0.3 is 14.5 Å². The van der Waals surface area contributed by atoms with Crippen LogP contribution in [0.25, 0.3) is 0 Å². The van der Waals surface area contributed by atoms with E-state index in [0.29, 0.717) is 5.46 Å². The zero-order valence-electron chi connectivity index (χ0n) is 11.5. The lowest BCUT2D eigenvalue weighted by atomic mass is 9.82. The topological polar surface area (TPSA) is 38.7 Å². The van der Waals surface area contributed by atoms with Crippen molar-refractivity contribution in [3.8, 4) is 5.75 Å². The molecule has 0 heterocycles. The monoisotopic (exact) mass is 253 g/mol. The van der Waals surface area contributed by atoms with E-state index in [-0.39, 0.29) is 5.75 Å². The molecule has 0 amide bonds. The summed E-state index contributed by atoms with van der Waals surface area (Å²) in [5, 5.41) is 9.92. The molecule has 0 unspecified atom stereocenters. The standard InChI is InChI=1S/C13H19BFO3/c1-12(2,16)13(3,4)18-14-9-6-7-11(17-5)10(15)8-9/h6-8,16H,1-5H3. The predicted octanol–water partition coefficient (Wildman–Crippen LogP) is 1.64. The number of aliphatic hydroxyl groups is 1.